The van der Waals surface area contributed by atoms with E-state index in [1.807, 2.05) is 0 Å². The van der Waals surface area contributed by atoms with Gasteiger partial charge in [-0.1, -0.05) is 23.2 Å². The predicted molar refractivity (Wildman–Crippen MR) is 54.2 cm³/mol. The number of benzene rings is 1. The third kappa shape index (κ3) is 1.66. The maximum Gasteiger partial charge on any atom is 0.261 e. The molecule has 0 bridgehead atoms. The molecule has 0 aliphatic heterocycles. The minimum atomic E-state index is 0.0890. The molecule has 72 valence electrons. The van der Waals surface area contributed by atoms with E-state index in [1.54, 1.807) is 18.2 Å². The third-order valence-electron chi connectivity index (χ3n) is 1.61. The van der Waals surface area contributed by atoms with Crippen molar-refractivity contribution in [3.05, 3.63) is 28.2 Å². The second-order valence-electron chi connectivity index (χ2n) is 2.59. The molecule has 0 aliphatic rings. The molecule has 0 atom stereocenters. The van der Waals surface area contributed by atoms with E-state index in [-0.39, 0.29) is 5.95 Å². The smallest absolute Gasteiger partial charge is 0.261 e. The number of nitrogen functional groups attached to an aromatic ring is 1. The van der Waals surface area contributed by atoms with Crippen LogP contribution >= 0.6 is 23.2 Å². The Bertz CT molecular complexity index is 469. The number of aromatic nitrogens is 2. The first kappa shape index (κ1) is 9.30. The van der Waals surface area contributed by atoms with Crippen LogP contribution in [0.5, 0.6) is 0 Å². The number of nitrogens with zero attached hydrogens (tertiary/aromatic N) is 2. The lowest BCUT2D eigenvalue weighted by molar-refractivity contribution is 0.433. The van der Waals surface area contributed by atoms with Gasteiger partial charge in [0.15, 0.2) is 0 Å². The van der Waals surface area contributed by atoms with E-state index in [9.17, 15) is 0 Å². The summed E-state index contributed by atoms with van der Waals surface area (Å²) in [4.78, 5) is 3.85. The highest BCUT2D eigenvalue weighted by Gasteiger charge is 2.08. The fraction of sp³-hybridized carbons (Fsp3) is 0. The molecule has 1 aromatic carbocycles. The second kappa shape index (κ2) is 3.48. The predicted octanol–water partition coefficient (Wildman–Crippen LogP) is 2.63. The molecular formula is C8H5Cl2N3O. The number of hydrogen-bond acceptors (Lipinski definition) is 4. The van der Waals surface area contributed by atoms with Gasteiger partial charge in [0.2, 0.25) is 0 Å². The lowest BCUT2D eigenvalue weighted by Crippen LogP contribution is -1.85. The molecule has 0 saturated carbocycles. The molecule has 0 amide bonds. The van der Waals surface area contributed by atoms with Crippen molar-refractivity contribution in [2.75, 3.05) is 5.73 Å². The molecule has 0 radical (unpaired) electrons. The van der Waals surface area contributed by atoms with Gasteiger partial charge in [0.05, 0.1) is 10.0 Å². The Morgan fingerprint density at radius 3 is 2.57 bits per heavy atom. The summed E-state index contributed by atoms with van der Waals surface area (Å²) in [6.07, 6.45) is 0. The topological polar surface area (TPSA) is 64.9 Å². The van der Waals surface area contributed by atoms with Crippen LogP contribution in [0.3, 0.4) is 0 Å². The molecule has 4 nitrogen and oxygen atoms in total. The van der Waals surface area contributed by atoms with Crippen LogP contribution in [-0.2, 0) is 0 Å². The largest absolute Gasteiger partial charge is 0.365 e. The van der Waals surface area contributed by atoms with Gasteiger partial charge in [-0.05, 0) is 23.4 Å². The fourth-order valence-corrected chi connectivity index (χ4v) is 1.28. The zero-order valence-corrected chi connectivity index (χ0v) is 8.38. The van der Waals surface area contributed by atoms with Gasteiger partial charge in [-0.15, -0.1) is 0 Å². The van der Waals surface area contributed by atoms with Crippen molar-refractivity contribution in [2.24, 2.45) is 0 Å². The fourth-order valence-electron chi connectivity index (χ4n) is 0.981. The summed E-state index contributed by atoms with van der Waals surface area (Å²) in [5, 5.41) is 4.37. The van der Waals surface area contributed by atoms with Gasteiger partial charge in [-0.3, -0.25) is 0 Å². The summed E-state index contributed by atoms with van der Waals surface area (Å²) in [6, 6.07) is 5.01. The number of anilines is 1. The molecule has 1 aromatic heterocycles. The summed E-state index contributed by atoms with van der Waals surface area (Å²) < 4.78 is 4.86. The quantitative estimate of drug-likeness (QED) is 0.817. The Hall–Kier alpha value is -1.26. The van der Waals surface area contributed by atoms with E-state index in [2.05, 4.69) is 10.1 Å². The Morgan fingerprint density at radius 1 is 1.21 bits per heavy atom. The van der Waals surface area contributed by atoms with Gasteiger partial charge < -0.3 is 10.3 Å². The second-order valence-corrected chi connectivity index (χ2v) is 3.40. The van der Waals surface area contributed by atoms with Crippen molar-refractivity contribution in [3.63, 3.8) is 0 Å². The molecule has 0 saturated heterocycles. The van der Waals surface area contributed by atoms with Crippen molar-refractivity contribution in [1.29, 1.82) is 0 Å². The number of nitrogens with two attached hydrogens (primary N) is 1. The monoisotopic (exact) mass is 229 g/mol. The van der Waals surface area contributed by atoms with Crippen molar-refractivity contribution < 1.29 is 4.52 Å². The highest BCUT2D eigenvalue weighted by Crippen LogP contribution is 2.27. The molecule has 0 fully saturated rings. The molecule has 2 aromatic rings. The lowest BCUT2D eigenvalue weighted by Gasteiger charge is -1.96. The van der Waals surface area contributed by atoms with Gasteiger partial charge in [-0.2, -0.15) is 4.98 Å². The minimum absolute atomic E-state index is 0.0890. The summed E-state index contributed by atoms with van der Waals surface area (Å²) in [6.45, 7) is 0. The molecule has 0 aliphatic carbocycles. The van der Waals surface area contributed by atoms with Crippen molar-refractivity contribution in [3.8, 4) is 11.5 Å². The maximum absolute atomic E-state index is 5.82. The molecule has 0 spiro atoms. The van der Waals surface area contributed by atoms with Gasteiger partial charge in [0, 0.05) is 5.56 Å². The third-order valence-corrected chi connectivity index (χ3v) is 2.35. The molecule has 2 N–H and O–H groups in total. The molecule has 6 heteroatoms. The number of hydrogen-bond donors (Lipinski definition) is 1. The van der Waals surface area contributed by atoms with Gasteiger partial charge >= 0.3 is 0 Å². The molecule has 2 rings (SSSR count). The SMILES string of the molecule is Nc1noc(-c2ccc(Cl)c(Cl)c2)n1. The zero-order chi connectivity index (χ0) is 10.1. The number of rotatable bonds is 1. The van der Waals surface area contributed by atoms with Crippen LogP contribution in [0.1, 0.15) is 0 Å². The summed E-state index contributed by atoms with van der Waals surface area (Å²) in [5.41, 5.74) is 5.99. The molecule has 1 heterocycles. The van der Waals surface area contributed by atoms with E-state index in [0.29, 0.717) is 21.5 Å². The van der Waals surface area contributed by atoms with Crippen molar-refractivity contribution in [1.82, 2.24) is 10.1 Å². The summed E-state index contributed by atoms with van der Waals surface area (Å²) >= 11 is 11.6. The van der Waals surface area contributed by atoms with Crippen LogP contribution in [0.2, 0.25) is 10.0 Å². The normalized spacial score (nSPS) is 10.4. The number of halogens is 2. The van der Waals surface area contributed by atoms with Crippen LogP contribution in [0.4, 0.5) is 5.95 Å². The molecule has 14 heavy (non-hydrogen) atoms. The average Bonchev–Trinajstić information content (AvgIpc) is 2.57. The van der Waals surface area contributed by atoms with Gasteiger partial charge in [0.1, 0.15) is 0 Å². The minimum Gasteiger partial charge on any atom is -0.365 e. The van der Waals surface area contributed by atoms with E-state index in [4.69, 9.17) is 33.5 Å². The van der Waals surface area contributed by atoms with Crippen LogP contribution in [0.25, 0.3) is 11.5 Å². The Balaban J connectivity index is 2.47. The maximum atomic E-state index is 5.82. The van der Waals surface area contributed by atoms with Crippen LogP contribution in [-0.4, -0.2) is 10.1 Å². The summed E-state index contributed by atoms with van der Waals surface area (Å²) in [7, 11) is 0. The van der Waals surface area contributed by atoms with Crippen LogP contribution < -0.4 is 5.73 Å². The van der Waals surface area contributed by atoms with Crippen molar-refractivity contribution >= 4 is 29.2 Å². The van der Waals surface area contributed by atoms with Gasteiger partial charge in [0.25, 0.3) is 11.8 Å². The van der Waals surface area contributed by atoms with E-state index in [0.717, 1.165) is 0 Å². The first-order chi connectivity index (χ1) is 6.66. The Labute approximate surface area is 89.6 Å². The summed E-state index contributed by atoms with van der Waals surface area (Å²) in [5.74, 6) is 0.409. The first-order valence-corrected chi connectivity index (χ1v) is 4.47. The van der Waals surface area contributed by atoms with E-state index in [1.165, 1.54) is 0 Å². The van der Waals surface area contributed by atoms with E-state index < -0.39 is 0 Å². The average molecular weight is 230 g/mol. The standard InChI is InChI=1S/C8H5Cl2N3O/c9-5-2-1-4(3-6(5)10)7-12-8(11)13-14-7/h1-3H,(H2,11,13). The first-order valence-electron chi connectivity index (χ1n) is 3.71. The van der Waals surface area contributed by atoms with Gasteiger partial charge in [-0.25, -0.2) is 0 Å². The lowest BCUT2D eigenvalue weighted by atomic mass is 10.2. The molecular weight excluding hydrogens is 225 g/mol. The Kier molecular flexibility index (Phi) is 2.31. The molecule has 0 unspecified atom stereocenters. The zero-order valence-electron chi connectivity index (χ0n) is 6.87. The van der Waals surface area contributed by atoms with Crippen molar-refractivity contribution in [2.45, 2.75) is 0 Å². The highest BCUT2D eigenvalue weighted by molar-refractivity contribution is 6.42. The Morgan fingerprint density at radius 2 is 2.00 bits per heavy atom. The van der Waals surface area contributed by atoms with Crippen LogP contribution in [0, 0.1) is 0 Å². The van der Waals surface area contributed by atoms with E-state index >= 15 is 0 Å². The highest BCUT2D eigenvalue weighted by atomic mass is 35.5. The van der Waals surface area contributed by atoms with Crippen LogP contribution in [0.15, 0.2) is 22.7 Å².